The van der Waals surface area contributed by atoms with Crippen LogP contribution in [0.5, 0.6) is 5.75 Å². The molecule has 0 aliphatic carbocycles. The molecule has 25 heavy (non-hydrogen) atoms. The first-order valence-corrected chi connectivity index (χ1v) is 7.74. The third-order valence-corrected chi connectivity index (χ3v) is 3.86. The van der Waals surface area contributed by atoms with Crippen LogP contribution in [0.1, 0.15) is 28.5 Å². The number of pyridine rings is 2. The van der Waals surface area contributed by atoms with Gasteiger partial charge in [0.1, 0.15) is 17.0 Å². The Morgan fingerprint density at radius 1 is 1.20 bits per heavy atom. The number of azo groups is 1. The first-order chi connectivity index (χ1) is 12.0. The molecule has 0 amide bonds. The summed E-state index contributed by atoms with van der Waals surface area (Å²) in [6, 6.07) is 8.35. The molecule has 2 aromatic heterocycles. The highest BCUT2D eigenvalue weighted by atomic mass is 16.4. The molecule has 2 heterocycles. The van der Waals surface area contributed by atoms with Gasteiger partial charge in [-0.15, -0.1) is 10.2 Å². The van der Waals surface area contributed by atoms with Gasteiger partial charge in [0.25, 0.3) is 0 Å². The molecule has 0 atom stereocenters. The second-order valence-electron chi connectivity index (χ2n) is 5.42. The molecule has 126 valence electrons. The zero-order valence-corrected chi connectivity index (χ0v) is 13.8. The number of benzene rings is 1. The van der Waals surface area contributed by atoms with Gasteiger partial charge < -0.3 is 10.2 Å². The number of hydrogen-bond acceptors (Lipinski definition) is 6. The lowest BCUT2D eigenvalue weighted by atomic mass is 9.97. The highest BCUT2D eigenvalue weighted by Gasteiger charge is 2.20. The quantitative estimate of drug-likeness (QED) is 0.690. The highest BCUT2D eigenvalue weighted by Crippen LogP contribution is 2.37. The van der Waals surface area contributed by atoms with Crippen molar-refractivity contribution in [3.63, 3.8) is 0 Å². The van der Waals surface area contributed by atoms with Gasteiger partial charge in [0.05, 0.1) is 11.3 Å². The topological polar surface area (TPSA) is 108 Å². The van der Waals surface area contributed by atoms with Crippen molar-refractivity contribution in [2.24, 2.45) is 10.2 Å². The van der Waals surface area contributed by atoms with Gasteiger partial charge in [-0.1, -0.05) is 13.0 Å². The van der Waals surface area contributed by atoms with Crippen molar-refractivity contribution in [1.82, 2.24) is 9.97 Å². The van der Waals surface area contributed by atoms with Crippen molar-refractivity contribution >= 4 is 28.4 Å². The number of carboxylic acids is 1. The normalized spacial score (nSPS) is 11.3. The van der Waals surface area contributed by atoms with Crippen LogP contribution in [-0.4, -0.2) is 26.2 Å². The maximum atomic E-state index is 11.6. The second kappa shape index (κ2) is 6.64. The maximum Gasteiger partial charge on any atom is 0.337 e. The van der Waals surface area contributed by atoms with E-state index >= 15 is 0 Å². The number of nitrogens with zero attached hydrogens (tertiary/aromatic N) is 4. The second-order valence-corrected chi connectivity index (χ2v) is 5.42. The fourth-order valence-electron chi connectivity index (χ4n) is 2.78. The highest BCUT2D eigenvalue weighted by molar-refractivity contribution is 6.02. The summed E-state index contributed by atoms with van der Waals surface area (Å²) in [6.45, 7) is 3.47. The van der Waals surface area contributed by atoms with E-state index in [-0.39, 0.29) is 11.3 Å². The zero-order chi connectivity index (χ0) is 18.0. The Kier molecular flexibility index (Phi) is 4.38. The van der Waals surface area contributed by atoms with E-state index in [1.165, 1.54) is 6.07 Å². The van der Waals surface area contributed by atoms with Crippen LogP contribution in [0.25, 0.3) is 10.9 Å². The van der Waals surface area contributed by atoms with Crippen LogP contribution in [0.2, 0.25) is 0 Å². The average Bonchev–Trinajstić information content (AvgIpc) is 2.60. The Morgan fingerprint density at radius 3 is 2.64 bits per heavy atom. The summed E-state index contributed by atoms with van der Waals surface area (Å²) < 4.78 is 0. The van der Waals surface area contributed by atoms with Crippen LogP contribution in [-0.2, 0) is 6.42 Å². The van der Waals surface area contributed by atoms with E-state index < -0.39 is 5.97 Å². The number of rotatable bonds is 4. The van der Waals surface area contributed by atoms with Crippen LogP contribution in [0.3, 0.4) is 0 Å². The van der Waals surface area contributed by atoms with E-state index in [0.717, 1.165) is 0 Å². The number of aromatic nitrogens is 2. The Morgan fingerprint density at radius 2 is 2.00 bits per heavy atom. The fraction of sp³-hybridized carbons (Fsp3) is 0.167. The molecule has 0 spiro atoms. The number of phenolic OH excluding ortho intramolecular Hbond substituents is 1. The summed E-state index contributed by atoms with van der Waals surface area (Å²) in [5.41, 5.74) is 1.87. The minimum absolute atomic E-state index is 0.0290. The number of fused-ring (bicyclic) bond motifs is 1. The van der Waals surface area contributed by atoms with Gasteiger partial charge in [-0.3, -0.25) is 0 Å². The third kappa shape index (κ3) is 3.03. The molecule has 7 heteroatoms. The lowest BCUT2D eigenvalue weighted by molar-refractivity contribution is 0.0694. The lowest BCUT2D eigenvalue weighted by Crippen LogP contribution is -2.08. The molecule has 0 unspecified atom stereocenters. The maximum absolute atomic E-state index is 11.6. The molecular weight excluding hydrogens is 320 g/mol. The van der Waals surface area contributed by atoms with Gasteiger partial charge in [0.2, 0.25) is 0 Å². The number of carboxylic acid groups (broad SMARTS) is 1. The average molecular weight is 336 g/mol. The van der Waals surface area contributed by atoms with E-state index in [1.54, 1.807) is 37.4 Å². The van der Waals surface area contributed by atoms with Crippen molar-refractivity contribution in [1.29, 1.82) is 0 Å². The van der Waals surface area contributed by atoms with E-state index in [2.05, 4.69) is 20.2 Å². The van der Waals surface area contributed by atoms with Gasteiger partial charge in [0, 0.05) is 11.6 Å². The van der Waals surface area contributed by atoms with Crippen LogP contribution < -0.4 is 0 Å². The summed E-state index contributed by atoms with van der Waals surface area (Å²) >= 11 is 0. The molecule has 0 aliphatic rings. The molecule has 3 aromatic rings. The van der Waals surface area contributed by atoms with Crippen LogP contribution in [0.4, 0.5) is 11.5 Å². The number of aromatic carboxylic acids is 1. The minimum Gasteiger partial charge on any atom is -0.507 e. The zero-order valence-electron chi connectivity index (χ0n) is 13.8. The molecule has 1 aromatic carbocycles. The van der Waals surface area contributed by atoms with E-state index in [9.17, 15) is 15.0 Å². The predicted octanol–water partition coefficient (Wildman–Crippen LogP) is 4.32. The Balaban J connectivity index is 2.26. The Labute approximate surface area is 143 Å². The molecule has 7 nitrogen and oxygen atoms in total. The lowest BCUT2D eigenvalue weighted by Gasteiger charge is -2.13. The largest absolute Gasteiger partial charge is 0.507 e. The van der Waals surface area contributed by atoms with Crippen molar-refractivity contribution in [2.75, 3.05) is 0 Å². The summed E-state index contributed by atoms with van der Waals surface area (Å²) in [4.78, 5) is 20.0. The monoisotopic (exact) mass is 336 g/mol. The molecule has 0 saturated carbocycles. The number of aromatic hydroxyl groups is 1. The van der Waals surface area contributed by atoms with E-state index in [1.807, 2.05) is 6.92 Å². The number of hydrogen-bond donors (Lipinski definition) is 2. The Bertz CT molecular complexity index is 985. The molecule has 2 N–H and O–H groups in total. The molecule has 0 fully saturated rings. The molecule has 0 saturated heterocycles. The molecule has 0 bridgehead atoms. The molecular formula is C18H16N4O3. The summed E-state index contributed by atoms with van der Waals surface area (Å²) in [6.07, 6.45) is 2.05. The van der Waals surface area contributed by atoms with Crippen LogP contribution in [0, 0.1) is 6.92 Å². The first-order valence-electron chi connectivity index (χ1n) is 7.74. The van der Waals surface area contributed by atoms with Gasteiger partial charge in [-0.2, -0.15) is 0 Å². The van der Waals surface area contributed by atoms with Crippen molar-refractivity contribution < 1.29 is 15.0 Å². The minimum atomic E-state index is -1.07. The van der Waals surface area contributed by atoms with Gasteiger partial charge in [-0.25, -0.2) is 14.8 Å². The van der Waals surface area contributed by atoms with Gasteiger partial charge in [-0.05, 0) is 43.2 Å². The molecule has 0 radical (unpaired) electrons. The van der Waals surface area contributed by atoms with Gasteiger partial charge >= 0.3 is 5.97 Å². The van der Waals surface area contributed by atoms with E-state index in [0.29, 0.717) is 40.1 Å². The number of carbonyl (C=O) groups is 1. The standard InChI is InChI=1S/C18H16N4O3/c1-3-11-15(18(24)25)10(2)20-17-12(7-8-13(23)16(11)17)21-22-14-6-4-5-9-19-14/h4-9,23H,3H2,1-2H3,(H,24,25). The summed E-state index contributed by atoms with van der Waals surface area (Å²) in [7, 11) is 0. The SMILES string of the molecule is CCc1c(C(=O)O)c(C)nc2c(N=Nc3ccccn3)ccc(O)c12. The van der Waals surface area contributed by atoms with Crippen molar-refractivity contribution in [2.45, 2.75) is 20.3 Å². The molecule has 0 aliphatic heterocycles. The van der Waals surface area contributed by atoms with Gasteiger partial charge in [0.15, 0.2) is 5.82 Å². The Hall–Kier alpha value is -3.35. The van der Waals surface area contributed by atoms with Crippen molar-refractivity contribution in [3.8, 4) is 5.75 Å². The van der Waals surface area contributed by atoms with Crippen LogP contribution >= 0.6 is 0 Å². The number of phenols is 1. The summed E-state index contributed by atoms with van der Waals surface area (Å²) in [5.74, 6) is -0.652. The van der Waals surface area contributed by atoms with Crippen LogP contribution in [0.15, 0.2) is 46.8 Å². The third-order valence-electron chi connectivity index (χ3n) is 3.86. The first kappa shape index (κ1) is 16.5. The van der Waals surface area contributed by atoms with E-state index in [4.69, 9.17) is 0 Å². The smallest absolute Gasteiger partial charge is 0.337 e. The molecule has 3 rings (SSSR count). The fourth-order valence-corrected chi connectivity index (χ4v) is 2.78. The number of aryl methyl sites for hydroxylation is 2. The van der Waals surface area contributed by atoms with Crippen molar-refractivity contribution in [3.05, 3.63) is 53.3 Å². The predicted molar refractivity (Wildman–Crippen MR) is 92.9 cm³/mol. The summed E-state index contributed by atoms with van der Waals surface area (Å²) in [5, 5.41) is 28.4.